The van der Waals surface area contributed by atoms with E-state index in [1.54, 1.807) is 0 Å². The van der Waals surface area contributed by atoms with Crippen molar-refractivity contribution < 1.29 is 20.1 Å². The van der Waals surface area contributed by atoms with E-state index in [0.717, 1.165) is 6.08 Å². The molecule has 0 saturated heterocycles. The Hall–Kier alpha value is -0.870. The van der Waals surface area contributed by atoms with E-state index in [1.807, 2.05) is 0 Å². The van der Waals surface area contributed by atoms with E-state index in [4.69, 9.17) is 5.11 Å². The Balaban J connectivity index is 0. The Morgan fingerprint density at radius 2 is 2.30 bits per heavy atom. The first-order chi connectivity index (χ1) is 4.31. The second kappa shape index (κ2) is 8.13. The number of ether oxygens (including phenoxy) is 1. The summed E-state index contributed by atoms with van der Waals surface area (Å²) in [5, 5.41) is 8.23. The molecule has 0 aromatic rings. The molecule has 0 aliphatic rings. The zero-order valence-electron chi connectivity index (χ0n) is 5.67. The first-order valence-corrected chi connectivity index (χ1v) is 2.71. The summed E-state index contributed by atoms with van der Waals surface area (Å²) >= 11 is 0. The topological polar surface area (TPSA) is 78.0 Å². The van der Waals surface area contributed by atoms with Crippen LogP contribution >= 0.6 is 0 Å². The van der Waals surface area contributed by atoms with Gasteiger partial charge < -0.3 is 15.3 Å². The van der Waals surface area contributed by atoms with Crippen molar-refractivity contribution >= 4 is 5.97 Å². The third-order valence-corrected chi connectivity index (χ3v) is 0.713. The first-order valence-electron chi connectivity index (χ1n) is 2.71. The lowest BCUT2D eigenvalue weighted by molar-refractivity contribution is -0.137. The molecule has 4 nitrogen and oxygen atoms in total. The Morgan fingerprint density at radius 1 is 1.70 bits per heavy atom. The minimum atomic E-state index is -0.441. The number of rotatable bonds is 4. The van der Waals surface area contributed by atoms with Gasteiger partial charge in [0.05, 0.1) is 6.61 Å². The molecule has 0 unspecified atom stereocenters. The number of hydrogen-bond acceptors (Lipinski definition) is 3. The van der Waals surface area contributed by atoms with Gasteiger partial charge in [0.25, 0.3) is 0 Å². The zero-order valence-corrected chi connectivity index (χ0v) is 5.67. The summed E-state index contributed by atoms with van der Waals surface area (Å²) in [4.78, 5) is 10.3. The molecule has 3 N–H and O–H groups in total. The molecule has 0 aromatic heterocycles. The summed E-state index contributed by atoms with van der Waals surface area (Å²) in [6.07, 6.45) is 1.58. The number of carbonyl (C=O) groups excluding carboxylic acids is 1. The van der Waals surface area contributed by atoms with E-state index >= 15 is 0 Å². The third-order valence-electron chi connectivity index (χ3n) is 0.713. The largest absolute Gasteiger partial charge is 0.462 e. The van der Waals surface area contributed by atoms with Gasteiger partial charge in [0.15, 0.2) is 0 Å². The summed E-state index contributed by atoms with van der Waals surface area (Å²) in [7, 11) is 0. The molecule has 0 spiro atoms. The molecule has 0 rings (SSSR count). The summed E-state index contributed by atoms with van der Waals surface area (Å²) in [6.45, 7) is 3.51. The number of carbonyl (C=O) groups is 1. The van der Waals surface area contributed by atoms with Gasteiger partial charge in [-0.25, -0.2) is 4.79 Å². The fraction of sp³-hybridized carbons (Fsp3) is 0.500. The monoisotopic (exact) mass is 148 g/mol. The normalized spacial score (nSPS) is 7.70. The lowest BCUT2D eigenvalue weighted by atomic mass is 10.5. The Morgan fingerprint density at radius 3 is 2.70 bits per heavy atom. The van der Waals surface area contributed by atoms with Gasteiger partial charge in [-0.3, -0.25) is 0 Å². The quantitative estimate of drug-likeness (QED) is 0.324. The molecule has 0 aliphatic carbocycles. The Labute approximate surface area is 59.4 Å². The average molecular weight is 148 g/mol. The van der Waals surface area contributed by atoms with Gasteiger partial charge >= 0.3 is 5.97 Å². The number of esters is 1. The number of aliphatic hydroxyl groups is 1. The third kappa shape index (κ3) is 7.13. The molecule has 4 heteroatoms. The minimum absolute atomic E-state index is 0. The van der Waals surface area contributed by atoms with Crippen molar-refractivity contribution in [1.82, 2.24) is 0 Å². The molecule has 0 aliphatic heterocycles. The van der Waals surface area contributed by atoms with Crippen LogP contribution in [-0.4, -0.2) is 29.8 Å². The number of hydrogen-bond donors (Lipinski definition) is 1. The van der Waals surface area contributed by atoms with Crippen molar-refractivity contribution in [3.8, 4) is 0 Å². The van der Waals surface area contributed by atoms with Gasteiger partial charge in [-0.1, -0.05) is 6.58 Å². The van der Waals surface area contributed by atoms with Crippen LogP contribution in [0.15, 0.2) is 12.7 Å². The van der Waals surface area contributed by atoms with E-state index in [9.17, 15) is 4.79 Å². The van der Waals surface area contributed by atoms with E-state index in [-0.39, 0.29) is 18.7 Å². The van der Waals surface area contributed by atoms with Crippen LogP contribution < -0.4 is 0 Å². The molecular weight excluding hydrogens is 136 g/mol. The molecule has 0 aromatic carbocycles. The first kappa shape index (κ1) is 11.9. The molecule has 60 valence electrons. The van der Waals surface area contributed by atoms with Crippen LogP contribution in [-0.2, 0) is 9.53 Å². The predicted molar refractivity (Wildman–Crippen MR) is 36.5 cm³/mol. The maximum absolute atomic E-state index is 10.3. The van der Waals surface area contributed by atoms with Crippen molar-refractivity contribution in [3.63, 3.8) is 0 Å². The molecule has 0 amide bonds. The van der Waals surface area contributed by atoms with Gasteiger partial charge in [0, 0.05) is 19.1 Å². The highest BCUT2D eigenvalue weighted by molar-refractivity contribution is 5.81. The van der Waals surface area contributed by atoms with Gasteiger partial charge in [-0.15, -0.1) is 0 Å². The second-order valence-corrected chi connectivity index (χ2v) is 1.45. The van der Waals surface area contributed by atoms with Crippen LogP contribution in [0.1, 0.15) is 6.42 Å². The SMILES string of the molecule is C=CC(=O)OCCCO.O. The van der Waals surface area contributed by atoms with E-state index in [0.29, 0.717) is 6.42 Å². The second-order valence-electron chi connectivity index (χ2n) is 1.45. The summed E-state index contributed by atoms with van der Waals surface area (Å²) in [6, 6.07) is 0. The van der Waals surface area contributed by atoms with Crippen LogP contribution in [0, 0.1) is 0 Å². The number of aliphatic hydroxyl groups excluding tert-OH is 1. The molecule has 0 radical (unpaired) electrons. The van der Waals surface area contributed by atoms with Crippen LogP contribution in [0.5, 0.6) is 0 Å². The summed E-state index contributed by atoms with van der Waals surface area (Å²) < 4.78 is 4.51. The average Bonchev–Trinajstić information content (AvgIpc) is 1.89. The highest BCUT2D eigenvalue weighted by Crippen LogP contribution is 1.82. The smallest absolute Gasteiger partial charge is 0.330 e. The van der Waals surface area contributed by atoms with Crippen molar-refractivity contribution in [3.05, 3.63) is 12.7 Å². The van der Waals surface area contributed by atoms with Gasteiger partial charge in [0.1, 0.15) is 0 Å². The van der Waals surface area contributed by atoms with Crippen LogP contribution in [0.2, 0.25) is 0 Å². The van der Waals surface area contributed by atoms with Gasteiger partial charge in [-0.2, -0.15) is 0 Å². The molecule has 0 bridgehead atoms. The van der Waals surface area contributed by atoms with Gasteiger partial charge in [0.2, 0.25) is 0 Å². The molecule has 0 fully saturated rings. The highest BCUT2D eigenvalue weighted by atomic mass is 16.5. The van der Waals surface area contributed by atoms with Gasteiger partial charge in [-0.05, 0) is 0 Å². The fourth-order valence-corrected chi connectivity index (χ4v) is 0.296. The fourth-order valence-electron chi connectivity index (χ4n) is 0.296. The molecule has 10 heavy (non-hydrogen) atoms. The van der Waals surface area contributed by atoms with Crippen LogP contribution in [0.25, 0.3) is 0 Å². The molecule has 0 atom stereocenters. The maximum Gasteiger partial charge on any atom is 0.330 e. The van der Waals surface area contributed by atoms with E-state index < -0.39 is 5.97 Å². The molecule has 0 saturated carbocycles. The minimum Gasteiger partial charge on any atom is -0.462 e. The predicted octanol–water partition coefficient (Wildman–Crippen LogP) is -0.727. The van der Waals surface area contributed by atoms with Crippen LogP contribution in [0.3, 0.4) is 0 Å². The standard InChI is InChI=1S/C6H10O3.H2O/c1-2-6(8)9-5-3-4-7;/h2,7H,1,3-5H2;1H2. The Kier molecular flexibility index (Phi) is 9.65. The maximum atomic E-state index is 10.3. The van der Waals surface area contributed by atoms with E-state index in [1.165, 1.54) is 0 Å². The van der Waals surface area contributed by atoms with Crippen molar-refractivity contribution in [2.45, 2.75) is 6.42 Å². The van der Waals surface area contributed by atoms with E-state index in [2.05, 4.69) is 11.3 Å². The van der Waals surface area contributed by atoms with Crippen molar-refractivity contribution in [1.29, 1.82) is 0 Å². The zero-order chi connectivity index (χ0) is 7.11. The lowest BCUT2D eigenvalue weighted by Crippen LogP contribution is -2.02. The summed E-state index contributed by atoms with van der Waals surface area (Å²) in [5.41, 5.74) is 0. The highest BCUT2D eigenvalue weighted by Gasteiger charge is 1.91. The molecule has 0 heterocycles. The van der Waals surface area contributed by atoms with Crippen molar-refractivity contribution in [2.75, 3.05) is 13.2 Å². The molecular formula is C6H12O4. The summed E-state index contributed by atoms with van der Waals surface area (Å²) in [5.74, 6) is -0.441. The lowest BCUT2D eigenvalue weighted by Gasteiger charge is -1.96. The Bertz CT molecular complexity index is 99.9. The van der Waals surface area contributed by atoms with Crippen LogP contribution in [0.4, 0.5) is 0 Å². The van der Waals surface area contributed by atoms with Crippen molar-refractivity contribution in [2.24, 2.45) is 0 Å².